The number of carboxylic acid groups (broad SMARTS) is 1. The summed E-state index contributed by atoms with van der Waals surface area (Å²) < 4.78 is 33.4. The molecular formula is C22H14F3N5O3. The predicted octanol–water partition coefficient (Wildman–Crippen LogP) is 4.15. The van der Waals surface area contributed by atoms with Gasteiger partial charge in [-0.15, -0.1) is 0 Å². The molecule has 0 atom stereocenters. The summed E-state index contributed by atoms with van der Waals surface area (Å²) in [5.41, 5.74) is 3.43. The average molecular weight is 453 g/mol. The van der Waals surface area contributed by atoms with E-state index < -0.39 is 12.1 Å². The SMILES string of the molecule is N#Cc1ccc(C(=O)Nc2cn3nc(-c4ccccc4)ccc3n2)cc1.O=C(O)C(F)(F)F. The first-order valence-electron chi connectivity index (χ1n) is 9.21. The zero-order chi connectivity index (χ0) is 24.0. The molecule has 0 aliphatic carbocycles. The maximum Gasteiger partial charge on any atom is 0.490 e. The number of aromatic nitrogens is 3. The molecule has 0 unspecified atom stereocenters. The number of imidazole rings is 1. The standard InChI is InChI=1S/C20H13N5O.C2HF3O2/c21-12-14-6-8-16(9-7-14)20(26)23-18-13-25-19(22-18)11-10-17(24-25)15-4-2-1-3-5-15;3-2(4,5)1(6)7/h1-11,13H,(H,23,26);(H,6,7). The second-order valence-corrected chi connectivity index (χ2v) is 6.46. The van der Waals surface area contributed by atoms with Crippen LogP contribution in [0, 0.1) is 11.3 Å². The number of rotatable bonds is 3. The third-order valence-corrected chi connectivity index (χ3v) is 4.15. The zero-order valence-electron chi connectivity index (χ0n) is 16.6. The number of aliphatic carboxylic acids is 1. The highest BCUT2D eigenvalue weighted by molar-refractivity contribution is 6.03. The molecule has 0 aliphatic heterocycles. The van der Waals surface area contributed by atoms with E-state index in [2.05, 4.69) is 15.4 Å². The van der Waals surface area contributed by atoms with Crippen LogP contribution in [0.15, 0.2) is 72.9 Å². The second kappa shape index (κ2) is 9.61. The van der Waals surface area contributed by atoms with E-state index >= 15 is 0 Å². The topological polar surface area (TPSA) is 120 Å². The molecule has 8 nitrogen and oxygen atoms in total. The number of fused-ring (bicyclic) bond motifs is 1. The van der Waals surface area contributed by atoms with E-state index in [0.29, 0.717) is 22.6 Å². The van der Waals surface area contributed by atoms with Crippen LogP contribution in [0.4, 0.5) is 19.0 Å². The fourth-order valence-corrected chi connectivity index (χ4v) is 2.59. The van der Waals surface area contributed by atoms with E-state index in [9.17, 15) is 18.0 Å². The fourth-order valence-electron chi connectivity index (χ4n) is 2.59. The van der Waals surface area contributed by atoms with Crippen molar-refractivity contribution in [2.75, 3.05) is 5.32 Å². The Morgan fingerprint density at radius 1 is 1.00 bits per heavy atom. The van der Waals surface area contributed by atoms with Crippen molar-refractivity contribution in [3.8, 4) is 17.3 Å². The largest absolute Gasteiger partial charge is 0.490 e. The van der Waals surface area contributed by atoms with Crippen LogP contribution in [-0.4, -0.2) is 37.8 Å². The van der Waals surface area contributed by atoms with E-state index in [1.54, 1.807) is 35.0 Å². The van der Waals surface area contributed by atoms with Crippen LogP contribution in [0.3, 0.4) is 0 Å². The fraction of sp³-hybridized carbons (Fsp3) is 0.0455. The van der Waals surface area contributed by atoms with Gasteiger partial charge in [0.05, 0.1) is 23.5 Å². The molecular weight excluding hydrogens is 439 g/mol. The lowest BCUT2D eigenvalue weighted by Crippen LogP contribution is -2.21. The number of hydrogen-bond donors (Lipinski definition) is 2. The number of nitriles is 1. The molecule has 166 valence electrons. The lowest BCUT2D eigenvalue weighted by molar-refractivity contribution is -0.192. The number of halogens is 3. The van der Waals surface area contributed by atoms with Crippen LogP contribution in [0.1, 0.15) is 15.9 Å². The van der Waals surface area contributed by atoms with Crippen LogP contribution in [0.5, 0.6) is 0 Å². The van der Waals surface area contributed by atoms with Crippen LogP contribution in [0.2, 0.25) is 0 Å². The van der Waals surface area contributed by atoms with Crippen molar-refractivity contribution >= 4 is 23.3 Å². The Morgan fingerprint density at radius 3 is 2.21 bits per heavy atom. The van der Waals surface area contributed by atoms with E-state index in [1.807, 2.05) is 48.5 Å². The number of carbonyl (C=O) groups excluding carboxylic acids is 1. The zero-order valence-corrected chi connectivity index (χ0v) is 16.6. The van der Waals surface area contributed by atoms with Crippen molar-refractivity contribution in [1.82, 2.24) is 14.6 Å². The first kappa shape index (κ1) is 23.0. The van der Waals surface area contributed by atoms with Crippen molar-refractivity contribution in [2.45, 2.75) is 6.18 Å². The lowest BCUT2D eigenvalue weighted by Gasteiger charge is -2.01. The molecule has 0 aliphatic rings. The number of anilines is 1. The summed E-state index contributed by atoms with van der Waals surface area (Å²) in [6.45, 7) is 0. The Hall–Kier alpha value is -4.72. The molecule has 0 bridgehead atoms. The normalized spacial score (nSPS) is 10.6. The molecule has 0 saturated heterocycles. The predicted molar refractivity (Wildman–Crippen MR) is 111 cm³/mol. The van der Waals surface area contributed by atoms with Crippen molar-refractivity contribution in [3.63, 3.8) is 0 Å². The summed E-state index contributed by atoms with van der Waals surface area (Å²) in [6.07, 6.45) is -3.41. The van der Waals surface area contributed by atoms with Gasteiger partial charge in [-0.2, -0.15) is 23.5 Å². The number of nitrogens with one attached hydrogen (secondary N) is 1. The van der Waals surface area contributed by atoms with Gasteiger partial charge in [0.2, 0.25) is 0 Å². The molecule has 1 amide bonds. The minimum atomic E-state index is -5.08. The Morgan fingerprint density at radius 2 is 1.64 bits per heavy atom. The molecule has 0 fully saturated rings. The maximum atomic E-state index is 12.3. The van der Waals surface area contributed by atoms with Crippen LogP contribution in [-0.2, 0) is 4.79 Å². The van der Waals surface area contributed by atoms with Gasteiger partial charge in [0.15, 0.2) is 11.5 Å². The van der Waals surface area contributed by atoms with E-state index in [1.165, 1.54) is 0 Å². The number of amides is 1. The van der Waals surface area contributed by atoms with Gasteiger partial charge < -0.3 is 10.4 Å². The molecule has 4 rings (SSSR count). The van der Waals surface area contributed by atoms with Crippen molar-refractivity contribution < 1.29 is 27.9 Å². The number of benzene rings is 2. The smallest absolute Gasteiger partial charge is 0.475 e. The van der Waals surface area contributed by atoms with Crippen molar-refractivity contribution in [1.29, 1.82) is 5.26 Å². The number of hydrogen-bond acceptors (Lipinski definition) is 5. The molecule has 2 aromatic heterocycles. The first-order valence-corrected chi connectivity index (χ1v) is 9.21. The molecule has 0 radical (unpaired) electrons. The monoisotopic (exact) mass is 453 g/mol. The third kappa shape index (κ3) is 5.92. The summed E-state index contributed by atoms with van der Waals surface area (Å²) in [7, 11) is 0. The number of carboxylic acids is 1. The molecule has 2 N–H and O–H groups in total. The Labute approximate surface area is 184 Å². The van der Waals surface area contributed by atoms with Crippen LogP contribution < -0.4 is 5.32 Å². The van der Waals surface area contributed by atoms with E-state index in [4.69, 9.17) is 15.2 Å². The van der Waals surface area contributed by atoms with Gasteiger partial charge in [0.25, 0.3) is 5.91 Å². The quantitative estimate of drug-likeness (QED) is 0.481. The van der Waals surface area contributed by atoms with Gasteiger partial charge in [0, 0.05) is 11.1 Å². The summed E-state index contributed by atoms with van der Waals surface area (Å²) in [4.78, 5) is 25.6. The summed E-state index contributed by atoms with van der Waals surface area (Å²) in [6, 6.07) is 22.0. The first-order chi connectivity index (χ1) is 15.7. The molecule has 2 heterocycles. The van der Waals surface area contributed by atoms with Gasteiger partial charge >= 0.3 is 12.1 Å². The number of nitrogens with zero attached hydrogens (tertiary/aromatic N) is 4. The summed E-state index contributed by atoms with van der Waals surface area (Å²) in [5.74, 6) is -2.63. The lowest BCUT2D eigenvalue weighted by atomic mass is 10.1. The third-order valence-electron chi connectivity index (χ3n) is 4.15. The Bertz CT molecular complexity index is 1330. The van der Waals surface area contributed by atoms with E-state index in [0.717, 1.165) is 11.3 Å². The second-order valence-electron chi connectivity index (χ2n) is 6.46. The van der Waals surface area contributed by atoms with Crippen molar-refractivity contribution in [3.05, 3.63) is 84.1 Å². The van der Waals surface area contributed by atoms with Gasteiger partial charge in [0.1, 0.15) is 0 Å². The average Bonchev–Trinajstić information content (AvgIpc) is 3.21. The van der Waals surface area contributed by atoms with Gasteiger partial charge in [-0.3, -0.25) is 4.79 Å². The molecule has 0 spiro atoms. The highest BCUT2D eigenvalue weighted by atomic mass is 19.4. The van der Waals surface area contributed by atoms with Crippen LogP contribution >= 0.6 is 0 Å². The number of alkyl halides is 3. The molecule has 11 heteroatoms. The van der Waals surface area contributed by atoms with E-state index in [-0.39, 0.29) is 5.91 Å². The number of carbonyl (C=O) groups is 2. The minimum absolute atomic E-state index is 0.291. The van der Waals surface area contributed by atoms with Crippen LogP contribution in [0.25, 0.3) is 16.9 Å². The van der Waals surface area contributed by atoms with Gasteiger partial charge in [-0.25, -0.2) is 14.3 Å². The van der Waals surface area contributed by atoms with Gasteiger partial charge in [-0.1, -0.05) is 30.3 Å². The maximum absolute atomic E-state index is 12.3. The molecule has 2 aromatic carbocycles. The minimum Gasteiger partial charge on any atom is -0.475 e. The van der Waals surface area contributed by atoms with Crippen molar-refractivity contribution in [2.24, 2.45) is 0 Å². The Balaban J connectivity index is 0.000000383. The molecule has 33 heavy (non-hydrogen) atoms. The summed E-state index contributed by atoms with van der Waals surface area (Å²) >= 11 is 0. The highest BCUT2D eigenvalue weighted by Crippen LogP contribution is 2.18. The van der Waals surface area contributed by atoms with Gasteiger partial charge in [-0.05, 0) is 36.4 Å². The highest BCUT2D eigenvalue weighted by Gasteiger charge is 2.38. The summed E-state index contributed by atoms with van der Waals surface area (Å²) in [5, 5.41) is 23.2. The molecule has 0 saturated carbocycles. The Kier molecular flexibility index (Phi) is 6.68. The molecule has 4 aromatic rings.